The first kappa shape index (κ1) is 13.4. The SMILES string of the molecule is CSC(C)C(=O)N(C)Cc1csc2ccccc12. The fraction of sp³-hybridized carbons (Fsp3) is 0.357. The van der Waals surface area contributed by atoms with Crippen molar-refractivity contribution in [3.63, 3.8) is 0 Å². The van der Waals surface area contributed by atoms with Crippen LogP contribution in [-0.2, 0) is 11.3 Å². The Bertz CT molecular complexity index is 549. The number of amides is 1. The van der Waals surface area contributed by atoms with Gasteiger partial charge in [-0.15, -0.1) is 11.3 Å². The summed E-state index contributed by atoms with van der Waals surface area (Å²) in [5.41, 5.74) is 1.24. The lowest BCUT2D eigenvalue weighted by atomic mass is 10.1. The van der Waals surface area contributed by atoms with E-state index in [1.165, 1.54) is 15.6 Å². The fourth-order valence-electron chi connectivity index (χ4n) is 1.90. The van der Waals surface area contributed by atoms with Crippen molar-refractivity contribution in [1.29, 1.82) is 0 Å². The summed E-state index contributed by atoms with van der Waals surface area (Å²) in [7, 11) is 1.88. The number of carbonyl (C=O) groups is 1. The maximum atomic E-state index is 12.0. The second-order valence-electron chi connectivity index (χ2n) is 4.33. The minimum Gasteiger partial charge on any atom is -0.340 e. The monoisotopic (exact) mass is 279 g/mol. The van der Waals surface area contributed by atoms with Crippen molar-refractivity contribution in [3.8, 4) is 0 Å². The van der Waals surface area contributed by atoms with E-state index < -0.39 is 0 Å². The number of nitrogens with zero attached hydrogens (tertiary/aromatic N) is 1. The zero-order valence-corrected chi connectivity index (χ0v) is 12.5. The highest BCUT2D eigenvalue weighted by molar-refractivity contribution is 7.99. The van der Waals surface area contributed by atoms with E-state index in [4.69, 9.17) is 0 Å². The van der Waals surface area contributed by atoms with Crippen molar-refractivity contribution in [1.82, 2.24) is 4.90 Å². The van der Waals surface area contributed by atoms with Crippen LogP contribution in [0, 0.1) is 0 Å². The van der Waals surface area contributed by atoms with E-state index >= 15 is 0 Å². The van der Waals surface area contributed by atoms with Crippen molar-refractivity contribution < 1.29 is 4.79 Å². The van der Waals surface area contributed by atoms with Gasteiger partial charge in [-0.25, -0.2) is 0 Å². The number of thiophene rings is 1. The van der Waals surface area contributed by atoms with Crippen LogP contribution in [0.4, 0.5) is 0 Å². The number of fused-ring (bicyclic) bond motifs is 1. The van der Waals surface area contributed by atoms with Gasteiger partial charge in [0.05, 0.1) is 5.25 Å². The van der Waals surface area contributed by atoms with E-state index in [0.29, 0.717) is 6.54 Å². The van der Waals surface area contributed by atoms with Gasteiger partial charge < -0.3 is 4.90 Å². The highest BCUT2D eigenvalue weighted by Gasteiger charge is 2.17. The molecule has 4 heteroatoms. The van der Waals surface area contributed by atoms with Crippen molar-refractivity contribution in [2.45, 2.75) is 18.7 Å². The van der Waals surface area contributed by atoms with Crippen LogP contribution in [0.2, 0.25) is 0 Å². The summed E-state index contributed by atoms with van der Waals surface area (Å²) < 4.78 is 1.28. The van der Waals surface area contributed by atoms with E-state index in [-0.39, 0.29) is 11.2 Å². The Labute approximate surface area is 116 Å². The van der Waals surface area contributed by atoms with Crippen molar-refractivity contribution >= 4 is 39.1 Å². The fourth-order valence-corrected chi connectivity index (χ4v) is 3.24. The number of benzene rings is 1. The van der Waals surface area contributed by atoms with Crippen LogP contribution in [0.3, 0.4) is 0 Å². The molecule has 1 atom stereocenters. The molecule has 18 heavy (non-hydrogen) atoms. The summed E-state index contributed by atoms with van der Waals surface area (Å²) >= 11 is 3.33. The average Bonchev–Trinajstić information content (AvgIpc) is 2.80. The third kappa shape index (κ3) is 2.70. The molecule has 1 heterocycles. The van der Waals surface area contributed by atoms with Gasteiger partial charge in [0, 0.05) is 18.3 Å². The smallest absolute Gasteiger partial charge is 0.235 e. The number of hydrogen-bond donors (Lipinski definition) is 0. The van der Waals surface area contributed by atoms with Gasteiger partial charge >= 0.3 is 0 Å². The highest BCUT2D eigenvalue weighted by Crippen LogP contribution is 2.26. The van der Waals surface area contributed by atoms with E-state index in [2.05, 4.69) is 17.5 Å². The molecular weight excluding hydrogens is 262 g/mol. The maximum absolute atomic E-state index is 12.0. The van der Waals surface area contributed by atoms with Gasteiger partial charge in [0.2, 0.25) is 5.91 Å². The van der Waals surface area contributed by atoms with Gasteiger partial charge in [-0.2, -0.15) is 11.8 Å². The first-order chi connectivity index (χ1) is 8.63. The molecule has 0 spiro atoms. The molecular formula is C14H17NOS2. The Balaban J connectivity index is 2.16. The Morgan fingerprint density at radius 2 is 2.17 bits per heavy atom. The summed E-state index contributed by atoms with van der Waals surface area (Å²) in [4.78, 5) is 13.9. The Kier molecular flexibility index (Phi) is 4.30. The second-order valence-corrected chi connectivity index (χ2v) is 6.42. The van der Waals surface area contributed by atoms with Crippen LogP contribution in [0.5, 0.6) is 0 Å². The molecule has 2 nitrogen and oxygen atoms in total. The van der Waals surface area contributed by atoms with Crippen LogP contribution in [0.1, 0.15) is 12.5 Å². The number of rotatable bonds is 4. The van der Waals surface area contributed by atoms with Crippen molar-refractivity contribution in [3.05, 3.63) is 35.2 Å². The summed E-state index contributed by atoms with van der Waals surface area (Å²) in [6, 6.07) is 8.34. The van der Waals surface area contributed by atoms with Gasteiger partial charge in [0.1, 0.15) is 0 Å². The third-order valence-corrected chi connectivity index (χ3v) is 4.97. The standard InChI is InChI=1S/C14H17NOS2/c1-10(17-3)14(16)15(2)8-11-9-18-13-7-5-4-6-12(11)13/h4-7,9-10H,8H2,1-3H3. The molecule has 1 aromatic heterocycles. The molecule has 2 rings (SSSR count). The molecule has 2 aromatic rings. The molecule has 1 unspecified atom stereocenters. The first-order valence-electron chi connectivity index (χ1n) is 5.86. The molecule has 1 amide bonds. The van der Waals surface area contributed by atoms with Crippen LogP contribution in [0.15, 0.2) is 29.6 Å². The molecule has 0 saturated carbocycles. The van der Waals surface area contributed by atoms with Crippen molar-refractivity contribution in [2.24, 2.45) is 0 Å². The zero-order chi connectivity index (χ0) is 13.1. The topological polar surface area (TPSA) is 20.3 Å². The summed E-state index contributed by atoms with van der Waals surface area (Å²) in [6.07, 6.45) is 1.97. The molecule has 96 valence electrons. The van der Waals surface area contributed by atoms with E-state index in [1.54, 1.807) is 23.1 Å². The largest absolute Gasteiger partial charge is 0.340 e. The molecule has 0 bridgehead atoms. The second kappa shape index (κ2) is 5.76. The van der Waals surface area contributed by atoms with E-state index in [9.17, 15) is 4.79 Å². The normalized spacial score (nSPS) is 12.6. The van der Waals surface area contributed by atoms with Gasteiger partial charge in [0.25, 0.3) is 0 Å². The van der Waals surface area contributed by atoms with Gasteiger partial charge in [-0.1, -0.05) is 18.2 Å². The van der Waals surface area contributed by atoms with Gasteiger partial charge in [-0.3, -0.25) is 4.79 Å². The number of hydrogen-bond acceptors (Lipinski definition) is 3. The molecule has 0 N–H and O–H groups in total. The number of carbonyl (C=O) groups excluding carboxylic acids is 1. The van der Waals surface area contributed by atoms with Gasteiger partial charge in [0.15, 0.2) is 0 Å². The first-order valence-corrected chi connectivity index (χ1v) is 8.03. The minimum atomic E-state index is 0.0277. The molecule has 0 radical (unpaired) electrons. The summed E-state index contributed by atoms with van der Waals surface area (Å²) in [6.45, 7) is 2.64. The maximum Gasteiger partial charge on any atom is 0.235 e. The summed E-state index contributed by atoms with van der Waals surface area (Å²) in [5, 5.41) is 3.44. The molecule has 0 aliphatic heterocycles. The quantitative estimate of drug-likeness (QED) is 0.852. The van der Waals surface area contributed by atoms with Crippen LogP contribution < -0.4 is 0 Å². The molecule has 0 aliphatic carbocycles. The summed E-state index contributed by atoms with van der Waals surface area (Å²) in [5.74, 6) is 0.192. The number of thioether (sulfide) groups is 1. The Morgan fingerprint density at radius 3 is 2.89 bits per heavy atom. The lowest BCUT2D eigenvalue weighted by Gasteiger charge is -2.20. The Morgan fingerprint density at radius 1 is 1.44 bits per heavy atom. The zero-order valence-electron chi connectivity index (χ0n) is 10.8. The highest BCUT2D eigenvalue weighted by atomic mass is 32.2. The molecule has 0 aliphatic rings. The van der Waals surface area contributed by atoms with Crippen LogP contribution >= 0.6 is 23.1 Å². The average molecular weight is 279 g/mol. The lowest BCUT2D eigenvalue weighted by molar-refractivity contribution is -0.129. The van der Waals surface area contributed by atoms with Crippen molar-refractivity contribution in [2.75, 3.05) is 13.3 Å². The molecule has 0 saturated heterocycles. The van der Waals surface area contributed by atoms with E-state index in [0.717, 1.165) is 0 Å². The molecule has 1 aromatic carbocycles. The van der Waals surface area contributed by atoms with Gasteiger partial charge in [-0.05, 0) is 35.6 Å². The van der Waals surface area contributed by atoms with E-state index in [1.807, 2.05) is 37.3 Å². The van der Waals surface area contributed by atoms with Crippen LogP contribution in [0.25, 0.3) is 10.1 Å². The third-order valence-electron chi connectivity index (χ3n) is 3.05. The van der Waals surface area contributed by atoms with Crippen LogP contribution in [-0.4, -0.2) is 29.4 Å². The lowest BCUT2D eigenvalue weighted by Crippen LogP contribution is -2.32. The Hall–Kier alpha value is -1.00. The minimum absolute atomic E-state index is 0.0277. The molecule has 0 fully saturated rings. The predicted molar refractivity (Wildman–Crippen MR) is 81.3 cm³/mol. The predicted octanol–water partition coefficient (Wildman–Crippen LogP) is 3.61.